The van der Waals surface area contributed by atoms with Crippen LogP contribution < -0.4 is 15.8 Å². The molecule has 1 rings (SSSR count). The standard InChI is InChI=1S/C16H24F3N3O3/c1-2-24-8-4-7-21-15(20)22-10-13(23)11-25-14-6-3-5-12(9-14)16(17,18)19/h3,5-6,9,13,23H,2,4,7-8,10-11H2,1H3,(H3,20,21,22). The molecule has 25 heavy (non-hydrogen) atoms. The van der Waals surface area contributed by atoms with Gasteiger partial charge in [-0.05, 0) is 31.5 Å². The number of alkyl halides is 3. The highest BCUT2D eigenvalue weighted by Gasteiger charge is 2.30. The maximum atomic E-state index is 12.6. The molecule has 9 heteroatoms. The Morgan fingerprint density at radius 3 is 2.84 bits per heavy atom. The molecule has 1 atom stereocenters. The van der Waals surface area contributed by atoms with E-state index >= 15 is 0 Å². The summed E-state index contributed by atoms with van der Waals surface area (Å²) in [7, 11) is 0. The van der Waals surface area contributed by atoms with Crippen molar-refractivity contribution in [1.29, 1.82) is 0 Å². The summed E-state index contributed by atoms with van der Waals surface area (Å²) in [5.74, 6) is 0.203. The van der Waals surface area contributed by atoms with Crippen molar-refractivity contribution < 1.29 is 27.8 Å². The highest BCUT2D eigenvalue weighted by Crippen LogP contribution is 2.31. The van der Waals surface area contributed by atoms with Gasteiger partial charge in [0, 0.05) is 19.8 Å². The van der Waals surface area contributed by atoms with Gasteiger partial charge in [-0.25, -0.2) is 0 Å². The van der Waals surface area contributed by atoms with Crippen LogP contribution in [0.2, 0.25) is 0 Å². The highest BCUT2D eigenvalue weighted by atomic mass is 19.4. The molecule has 0 spiro atoms. The van der Waals surface area contributed by atoms with E-state index in [-0.39, 0.29) is 24.9 Å². The van der Waals surface area contributed by atoms with Crippen molar-refractivity contribution in [3.05, 3.63) is 29.8 Å². The number of rotatable bonds is 10. The molecule has 1 aromatic rings. The highest BCUT2D eigenvalue weighted by molar-refractivity contribution is 5.77. The zero-order valence-corrected chi connectivity index (χ0v) is 14.1. The van der Waals surface area contributed by atoms with Gasteiger partial charge >= 0.3 is 6.18 Å². The first kappa shape index (κ1) is 21.0. The minimum absolute atomic E-state index is 0.0245. The van der Waals surface area contributed by atoms with Gasteiger partial charge in [-0.3, -0.25) is 4.99 Å². The number of aliphatic hydroxyl groups excluding tert-OH is 1. The van der Waals surface area contributed by atoms with E-state index in [1.54, 1.807) is 0 Å². The zero-order chi connectivity index (χ0) is 18.7. The van der Waals surface area contributed by atoms with Crippen LogP contribution in [0.3, 0.4) is 0 Å². The van der Waals surface area contributed by atoms with Crippen molar-refractivity contribution in [2.75, 3.05) is 32.9 Å². The summed E-state index contributed by atoms with van der Waals surface area (Å²) in [5.41, 5.74) is 4.83. The lowest BCUT2D eigenvalue weighted by molar-refractivity contribution is -0.137. The Bertz CT molecular complexity index is 539. The summed E-state index contributed by atoms with van der Waals surface area (Å²) in [4.78, 5) is 3.94. The van der Waals surface area contributed by atoms with Crippen LogP contribution in [0.25, 0.3) is 0 Å². The molecule has 0 amide bonds. The van der Waals surface area contributed by atoms with Crippen LogP contribution in [0, 0.1) is 0 Å². The molecule has 0 saturated heterocycles. The van der Waals surface area contributed by atoms with Gasteiger partial charge in [-0.1, -0.05) is 6.07 Å². The first-order valence-electron chi connectivity index (χ1n) is 7.92. The van der Waals surface area contributed by atoms with Crippen molar-refractivity contribution >= 4 is 5.96 Å². The fraction of sp³-hybridized carbons (Fsp3) is 0.562. The number of benzene rings is 1. The number of ether oxygens (including phenoxy) is 2. The number of guanidine groups is 1. The average Bonchev–Trinajstić information content (AvgIpc) is 2.57. The Hall–Kier alpha value is -2.00. The molecule has 0 fully saturated rings. The number of nitrogens with zero attached hydrogens (tertiary/aromatic N) is 1. The first-order chi connectivity index (χ1) is 11.8. The quantitative estimate of drug-likeness (QED) is 0.335. The molecular weight excluding hydrogens is 339 g/mol. The maximum Gasteiger partial charge on any atom is 0.416 e. The third-order valence-electron chi connectivity index (χ3n) is 3.05. The van der Waals surface area contributed by atoms with Crippen molar-refractivity contribution in [3.8, 4) is 5.75 Å². The molecule has 0 bridgehead atoms. The lowest BCUT2D eigenvalue weighted by Gasteiger charge is -2.13. The molecular formula is C16H24F3N3O3. The molecule has 1 aromatic carbocycles. The van der Waals surface area contributed by atoms with Crippen LogP contribution in [-0.4, -0.2) is 50.1 Å². The summed E-state index contributed by atoms with van der Waals surface area (Å²) in [6, 6.07) is 4.46. The molecule has 0 heterocycles. The minimum Gasteiger partial charge on any atom is -0.491 e. The van der Waals surface area contributed by atoms with Crippen LogP contribution in [0.1, 0.15) is 18.9 Å². The lowest BCUT2D eigenvalue weighted by Crippen LogP contribution is -2.34. The molecule has 0 aliphatic rings. The fourth-order valence-electron chi connectivity index (χ4n) is 1.80. The normalized spacial score (nSPS) is 13.6. The first-order valence-corrected chi connectivity index (χ1v) is 7.92. The zero-order valence-electron chi connectivity index (χ0n) is 14.1. The predicted molar refractivity (Wildman–Crippen MR) is 88.5 cm³/mol. The van der Waals surface area contributed by atoms with Gasteiger partial charge in [0.1, 0.15) is 18.5 Å². The van der Waals surface area contributed by atoms with Gasteiger partial charge in [0.25, 0.3) is 0 Å². The maximum absolute atomic E-state index is 12.6. The molecule has 1 unspecified atom stereocenters. The van der Waals surface area contributed by atoms with Gasteiger partial charge < -0.3 is 25.6 Å². The molecule has 142 valence electrons. The van der Waals surface area contributed by atoms with Crippen LogP contribution in [0.15, 0.2) is 29.3 Å². The van der Waals surface area contributed by atoms with E-state index in [2.05, 4.69) is 10.3 Å². The van der Waals surface area contributed by atoms with Crippen molar-refractivity contribution in [2.24, 2.45) is 10.7 Å². The van der Waals surface area contributed by atoms with Gasteiger partial charge in [0.15, 0.2) is 5.96 Å². The van der Waals surface area contributed by atoms with Gasteiger partial charge in [0.05, 0.1) is 12.1 Å². The van der Waals surface area contributed by atoms with Crippen molar-refractivity contribution in [3.63, 3.8) is 0 Å². The number of hydrogen-bond acceptors (Lipinski definition) is 4. The average molecular weight is 363 g/mol. The molecule has 0 radical (unpaired) electrons. The SMILES string of the molecule is CCOCCCNC(N)=NCC(O)COc1cccc(C(F)(F)F)c1. The molecule has 6 nitrogen and oxygen atoms in total. The minimum atomic E-state index is -4.44. The second kappa shape index (κ2) is 10.8. The number of aliphatic imine (C=N–C) groups is 1. The number of nitrogens with one attached hydrogen (secondary N) is 1. The van der Waals surface area contributed by atoms with E-state index < -0.39 is 17.8 Å². The van der Waals surface area contributed by atoms with Crippen molar-refractivity contribution in [1.82, 2.24) is 5.32 Å². The van der Waals surface area contributed by atoms with Gasteiger partial charge in [-0.15, -0.1) is 0 Å². The van der Waals surface area contributed by atoms with E-state index in [1.165, 1.54) is 12.1 Å². The second-order valence-corrected chi connectivity index (χ2v) is 5.19. The molecule has 0 aliphatic heterocycles. The Balaban J connectivity index is 2.32. The second-order valence-electron chi connectivity index (χ2n) is 5.19. The smallest absolute Gasteiger partial charge is 0.416 e. The van der Waals surface area contributed by atoms with Gasteiger partial charge in [0.2, 0.25) is 0 Å². The summed E-state index contributed by atoms with van der Waals surface area (Å²) in [5, 5.41) is 12.6. The summed E-state index contributed by atoms with van der Waals surface area (Å²) in [6.45, 7) is 3.55. The number of halogens is 3. The Morgan fingerprint density at radius 1 is 1.40 bits per heavy atom. The molecule has 0 saturated carbocycles. The Labute approximate surface area is 144 Å². The predicted octanol–water partition coefficient (Wildman–Crippen LogP) is 1.78. The Kier molecular flexibility index (Phi) is 9.07. The lowest BCUT2D eigenvalue weighted by atomic mass is 10.2. The molecule has 4 N–H and O–H groups in total. The molecule has 0 aliphatic carbocycles. The van der Waals surface area contributed by atoms with Crippen LogP contribution in [-0.2, 0) is 10.9 Å². The van der Waals surface area contributed by atoms with Crippen LogP contribution in [0.4, 0.5) is 13.2 Å². The third-order valence-corrected chi connectivity index (χ3v) is 3.05. The number of nitrogens with two attached hydrogens (primary N) is 1. The van der Waals surface area contributed by atoms with E-state index in [0.29, 0.717) is 19.8 Å². The summed E-state index contributed by atoms with van der Waals surface area (Å²) < 4.78 is 48.1. The third kappa shape index (κ3) is 9.16. The summed E-state index contributed by atoms with van der Waals surface area (Å²) >= 11 is 0. The van der Waals surface area contributed by atoms with Gasteiger partial charge in [-0.2, -0.15) is 13.2 Å². The van der Waals surface area contributed by atoms with E-state index in [0.717, 1.165) is 18.6 Å². The van der Waals surface area contributed by atoms with E-state index in [1.807, 2.05) is 6.92 Å². The number of aliphatic hydroxyl groups is 1. The monoisotopic (exact) mass is 363 g/mol. The van der Waals surface area contributed by atoms with Crippen LogP contribution in [0.5, 0.6) is 5.75 Å². The summed E-state index contributed by atoms with van der Waals surface area (Å²) in [6.07, 6.45) is -4.66. The Morgan fingerprint density at radius 2 is 2.16 bits per heavy atom. The fourth-order valence-corrected chi connectivity index (χ4v) is 1.80. The van der Waals surface area contributed by atoms with E-state index in [4.69, 9.17) is 15.2 Å². The van der Waals surface area contributed by atoms with Crippen LogP contribution >= 0.6 is 0 Å². The van der Waals surface area contributed by atoms with E-state index in [9.17, 15) is 18.3 Å². The number of hydrogen-bond donors (Lipinski definition) is 3. The van der Waals surface area contributed by atoms with Crippen molar-refractivity contribution in [2.45, 2.75) is 25.6 Å². The molecule has 0 aromatic heterocycles. The largest absolute Gasteiger partial charge is 0.491 e. The topological polar surface area (TPSA) is 89.1 Å².